The van der Waals surface area contributed by atoms with Crippen molar-refractivity contribution in [3.63, 3.8) is 0 Å². The monoisotopic (exact) mass is 524 g/mol. The maximum absolute atomic E-state index is 13.9. The Kier molecular flexibility index (Phi) is 6.04. The molecule has 0 aliphatic carbocycles. The zero-order valence-corrected chi connectivity index (χ0v) is 21.7. The predicted molar refractivity (Wildman–Crippen MR) is 151 cm³/mol. The lowest BCUT2D eigenvalue weighted by atomic mass is 9.90. The molecule has 0 bridgehead atoms. The first-order valence-electron chi connectivity index (χ1n) is 12.4. The van der Waals surface area contributed by atoms with Crippen molar-refractivity contribution in [1.82, 2.24) is 4.98 Å². The topological polar surface area (TPSA) is 71.6 Å². The first-order chi connectivity index (χ1) is 18.5. The molecule has 38 heavy (non-hydrogen) atoms. The number of H-pyrrole nitrogens is 1. The number of rotatable bonds is 5. The van der Waals surface area contributed by atoms with E-state index in [1.807, 2.05) is 53.4 Å². The summed E-state index contributed by atoms with van der Waals surface area (Å²) < 4.78 is 10.6. The van der Waals surface area contributed by atoms with E-state index in [4.69, 9.17) is 21.1 Å². The number of hydrogen-bond donors (Lipinski definition) is 1. The van der Waals surface area contributed by atoms with Crippen LogP contribution in [-0.2, 0) is 4.79 Å². The van der Waals surface area contributed by atoms with Gasteiger partial charge in [-0.05, 0) is 69.9 Å². The maximum atomic E-state index is 13.9. The molecule has 190 valence electrons. The summed E-state index contributed by atoms with van der Waals surface area (Å²) in [6.45, 7) is 1.87. The van der Waals surface area contributed by atoms with E-state index in [9.17, 15) is 9.59 Å². The van der Waals surface area contributed by atoms with Gasteiger partial charge in [-0.2, -0.15) is 0 Å². The minimum atomic E-state index is -0.363. The van der Waals surface area contributed by atoms with Crippen molar-refractivity contribution in [2.75, 3.05) is 24.4 Å². The average molecular weight is 525 g/mol. The first-order valence-corrected chi connectivity index (χ1v) is 12.9. The van der Waals surface area contributed by atoms with E-state index in [0.29, 0.717) is 23.9 Å². The lowest BCUT2D eigenvalue weighted by Crippen LogP contribution is -2.30. The first kappa shape index (κ1) is 24.1. The van der Waals surface area contributed by atoms with E-state index in [2.05, 4.69) is 23.2 Å². The number of aromatic amines is 1. The van der Waals surface area contributed by atoms with Crippen molar-refractivity contribution < 1.29 is 19.1 Å². The molecular weight excluding hydrogens is 500 g/mol. The Bertz CT molecular complexity index is 1710. The Morgan fingerprint density at radius 1 is 0.974 bits per heavy atom. The standard InChI is InChI=1S/C31H25ClN2O4/c1-18(35)38-22-9-7-19(8-10-22)26-15-29-30(25-6-4-3-5-24(25)26)21(16-32)17-34(29)31(36)28-14-20-13-23(37-2)11-12-27(20)33-28/h3-15,21,33H,16-17H2,1-2H3. The van der Waals surface area contributed by atoms with Gasteiger partial charge in [0.2, 0.25) is 0 Å². The highest BCUT2D eigenvalue weighted by Crippen LogP contribution is 2.46. The Labute approximate surface area is 224 Å². The molecule has 1 unspecified atom stereocenters. The SMILES string of the molecule is COc1ccc2[nH]c(C(=O)N3CC(CCl)c4c3cc(-c3ccc(OC(C)=O)cc3)c3ccccc43)cc2c1. The van der Waals surface area contributed by atoms with Gasteiger partial charge in [-0.1, -0.05) is 36.4 Å². The van der Waals surface area contributed by atoms with Gasteiger partial charge in [0.15, 0.2) is 0 Å². The van der Waals surface area contributed by atoms with Gasteiger partial charge in [0.05, 0.1) is 7.11 Å². The zero-order chi connectivity index (χ0) is 26.4. The summed E-state index contributed by atoms with van der Waals surface area (Å²) in [4.78, 5) is 30.4. The van der Waals surface area contributed by atoms with Gasteiger partial charge in [0, 0.05) is 41.9 Å². The second kappa shape index (κ2) is 9.54. The fourth-order valence-corrected chi connectivity index (χ4v) is 5.62. The molecule has 7 heteroatoms. The van der Waals surface area contributed by atoms with Crippen LogP contribution in [0.25, 0.3) is 32.8 Å². The Morgan fingerprint density at radius 2 is 1.71 bits per heavy atom. The van der Waals surface area contributed by atoms with Crippen molar-refractivity contribution in [3.05, 3.63) is 90.1 Å². The average Bonchev–Trinajstić information content (AvgIpc) is 3.53. The number of benzene rings is 4. The summed E-state index contributed by atoms with van der Waals surface area (Å²) in [5.74, 6) is 1.16. The van der Waals surface area contributed by atoms with Gasteiger partial charge in [-0.3, -0.25) is 9.59 Å². The van der Waals surface area contributed by atoms with Crippen molar-refractivity contribution >= 4 is 50.8 Å². The van der Waals surface area contributed by atoms with Crippen LogP contribution in [0.4, 0.5) is 5.69 Å². The molecule has 6 rings (SSSR count). The highest BCUT2D eigenvalue weighted by Gasteiger charge is 2.35. The van der Waals surface area contributed by atoms with Crippen LogP contribution in [0.1, 0.15) is 28.9 Å². The normalized spacial score (nSPS) is 14.6. The number of nitrogens with zero attached hydrogens (tertiary/aromatic N) is 1. The smallest absolute Gasteiger partial charge is 0.308 e. The van der Waals surface area contributed by atoms with E-state index < -0.39 is 0 Å². The van der Waals surface area contributed by atoms with Gasteiger partial charge in [-0.25, -0.2) is 0 Å². The van der Waals surface area contributed by atoms with Gasteiger partial charge in [-0.15, -0.1) is 11.6 Å². The molecule has 1 atom stereocenters. The number of carbonyl (C=O) groups excluding carboxylic acids is 2. The van der Waals surface area contributed by atoms with E-state index in [1.165, 1.54) is 6.92 Å². The largest absolute Gasteiger partial charge is 0.497 e. The third kappa shape index (κ3) is 4.07. The molecule has 1 aliphatic rings. The van der Waals surface area contributed by atoms with E-state index in [-0.39, 0.29) is 17.8 Å². The molecule has 0 radical (unpaired) electrons. The molecule has 1 N–H and O–H groups in total. The Morgan fingerprint density at radius 3 is 2.42 bits per heavy atom. The molecule has 2 heterocycles. The number of amides is 1. The van der Waals surface area contributed by atoms with Crippen molar-refractivity contribution in [3.8, 4) is 22.6 Å². The number of methoxy groups -OCH3 is 1. The Hall–Kier alpha value is -4.29. The fourth-order valence-electron chi connectivity index (χ4n) is 5.37. The molecule has 1 aliphatic heterocycles. The molecule has 4 aromatic carbocycles. The van der Waals surface area contributed by atoms with Crippen molar-refractivity contribution in [2.24, 2.45) is 0 Å². The van der Waals surface area contributed by atoms with Crippen LogP contribution in [0.5, 0.6) is 11.5 Å². The molecule has 1 aromatic heterocycles. The van der Waals surface area contributed by atoms with Crippen LogP contribution in [0, 0.1) is 0 Å². The van der Waals surface area contributed by atoms with E-state index in [1.54, 1.807) is 19.2 Å². The number of hydrogen-bond acceptors (Lipinski definition) is 4. The second-order valence-corrected chi connectivity index (χ2v) is 9.73. The minimum absolute atomic E-state index is 0.00498. The predicted octanol–water partition coefficient (Wildman–Crippen LogP) is 6.90. The van der Waals surface area contributed by atoms with Crippen LogP contribution in [-0.4, -0.2) is 36.4 Å². The lowest BCUT2D eigenvalue weighted by molar-refractivity contribution is -0.131. The summed E-state index contributed by atoms with van der Waals surface area (Å²) in [6.07, 6.45) is 0. The van der Waals surface area contributed by atoms with Crippen molar-refractivity contribution in [1.29, 1.82) is 0 Å². The van der Waals surface area contributed by atoms with Crippen LogP contribution in [0.15, 0.2) is 78.9 Å². The summed E-state index contributed by atoms with van der Waals surface area (Å²) in [5.41, 5.74) is 5.27. The van der Waals surface area contributed by atoms with Crippen LogP contribution in [0.3, 0.4) is 0 Å². The second-order valence-electron chi connectivity index (χ2n) is 9.42. The summed E-state index contributed by atoms with van der Waals surface area (Å²) in [7, 11) is 1.62. The number of halogens is 1. The van der Waals surface area contributed by atoms with E-state index >= 15 is 0 Å². The van der Waals surface area contributed by atoms with Gasteiger partial charge in [0.25, 0.3) is 5.91 Å². The van der Waals surface area contributed by atoms with E-state index in [0.717, 1.165) is 49.8 Å². The third-order valence-electron chi connectivity index (χ3n) is 7.08. The number of aromatic nitrogens is 1. The summed E-state index contributed by atoms with van der Waals surface area (Å²) in [6, 6.07) is 25.3. The Balaban J connectivity index is 1.47. The number of fused-ring (bicyclic) bond motifs is 4. The highest BCUT2D eigenvalue weighted by atomic mass is 35.5. The molecule has 0 spiro atoms. The maximum Gasteiger partial charge on any atom is 0.308 e. The third-order valence-corrected chi connectivity index (χ3v) is 7.46. The number of ether oxygens (including phenoxy) is 2. The summed E-state index contributed by atoms with van der Waals surface area (Å²) in [5, 5.41) is 3.06. The number of alkyl halides is 1. The van der Waals surface area contributed by atoms with Gasteiger partial charge in [0.1, 0.15) is 17.2 Å². The quantitative estimate of drug-likeness (QED) is 0.154. The van der Waals surface area contributed by atoms with Gasteiger partial charge >= 0.3 is 5.97 Å². The van der Waals surface area contributed by atoms with Gasteiger partial charge < -0.3 is 19.4 Å². The number of nitrogens with one attached hydrogen (secondary N) is 1. The highest BCUT2D eigenvalue weighted by molar-refractivity contribution is 6.19. The van der Waals surface area contributed by atoms with Crippen LogP contribution < -0.4 is 14.4 Å². The molecule has 0 saturated carbocycles. The molecule has 5 aromatic rings. The van der Waals surface area contributed by atoms with Crippen LogP contribution >= 0.6 is 11.6 Å². The molecular formula is C31H25ClN2O4. The molecule has 1 amide bonds. The fraction of sp³-hybridized carbons (Fsp3) is 0.161. The van der Waals surface area contributed by atoms with Crippen molar-refractivity contribution in [2.45, 2.75) is 12.8 Å². The van der Waals surface area contributed by atoms with Crippen LogP contribution in [0.2, 0.25) is 0 Å². The molecule has 0 fully saturated rings. The number of esters is 1. The summed E-state index contributed by atoms with van der Waals surface area (Å²) >= 11 is 6.46. The lowest BCUT2D eigenvalue weighted by Gasteiger charge is -2.19. The molecule has 6 nitrogen and oxygen atoms in total. The minimum Gasteiger partial charge on any atom is -0.497 e. The zero-order valence-electron chi connectivity index (χ0n) is 21.0. The molecule has 0 saturated heterocycles. The number of anilines is 1. The number of carbonyl (C=O) groups is 2.